The van der Waals surface area contributed by atoms with E-state index in [-0.39, 0.29) is 17.4 Å². The van der Waals surface area contributed by atoms with Crippen LogP contribution in [-0.2, 0) is 4.74 Å². The zero-order valence-corrected chi connectivity index (χ0v) is 11.3. The molecule has 2 fully saturated rings. The van der Waals surface area contributed by atoms with Gasteiger partial charge in [0.05, 0.1) is 19.3 Å². The summed E-state index contributed by atoms with van der Waals surface area (Å²) < 4.78 is 5.43. The third kappa shape index (κ3) is 2.61. The molecule has 1 N–H and O–H groups in total. The number of nitrogens with one attached hydrogen (secondary N) is 1. The van der Waals surface area contributed by atoms with Gasteiger partial charge in [0.25, 0.3) is 5.91 Å². The van der Waals surface area contributed by atoms with E-state index >= 15 is 0 Å². The van der Waals surface area contributed by atoms with Crippen molar-refractivity contribution in [1.82, 2.24) is 15.3 Å². The maximum Gasteiger partial charge on any atom is 0.270 e. The van der Waals surface area contributed by atoms with E-state index in [0.29, 0.717) is 24.8 Å². The molecule has 1 amide bonds. The third-order valence-electron chi connectivity index (χ3n) is 3.86. The molecular formula is C14H19N3O2. The van der Waals surface area contributed by atoms with Gasteiger partial charge in [-0.3, -0.25) is 4.79 Å². The molecule has 3 rings (SSSR count). The Bertz CT molecular complexity index is 497. The van der Waals surface area contributed by atoms with Crippen molar-refractivity contribution in [2.45, 2.75) is 38.6 Å². The van der Waals surface area contributed by atoms with Crippen molar-refractivity contribution in [1.29, 1.82) is 0 Å². The van der Waals surface area contributed by atoms with Crippen molar-refractivity contribution < 1.29 is 9.53 Å². The second kappa shape index (κ2) is 4.56. The molecule has 1 atom stereocenters. The Balaban J connectivity index is 1.71. The van der Waals surface area contributed by atoms with Crippen molar-refractivity contribution >= 4 is 5.91 Å². The van der Waals surface area contributed by atoms with Crippen LogP contribution in [0.3, 0.4) is 0 Å². The van der Waals surface area contributed by atoms with Crippen molar-refractivity contribution in [3.63, 3.8) is 0 Å². The van der Waals surface area contributed by atoms with Crippen LogP contribution in [0.1, 0.15) is 48.9 Å². The van der Waals surface area contributed by atoms with Crippen molar-refractivity contribution in [3.8, 4) is 0 Å². The largest absolute Gasteiger partial charge is 0.379 e. The molecule has 1 saturated heterocycles. The Labute approximate surface area is 112 Å². The van der Waals surface area contributed by atoms with Crippen LogP contribution in [-0.4, -0.2) is 35.1 Å². The van der Waals surface area contributed by atoms with Crippen molar-refractivity contribution in [2.24, 2.45) is 5.41 Å². The van der Waals surface area contributed by atoms with Crippen LogP contribution in [0.25, 0.3) is 0 Å². The van der Waals surface area contributed by atoms with Crippen LogP contribution in [0.5, 0.6) is 0 Å². The highest BCUT2D eigenvalue weighted by molar-refractivity contribution is 5.92. The molecular weight excluding hydrogens is 242 g/mol. The van der Waals surface area contributed by atoms with Gasteiger partial charge in [0.2, 0.25) is 0 Å². The Morgan fingerprint density at radius 1 is 1.47 bits per heavy atom. The van der Waals surface area contributed by atoms with Crippen LogP contribution in [0.15, 0.2) is 12.3 Å². The third-order valence-corrected chi connectivity index (χ3v) is 3.86. The van der Waals surface area contributed by atoms with Gasteiger partial charge in [-0.2, -0.15) is 0 Å². The zero-order valence-electron chi connectivity index (χ0n) is 11.3. The first kappa shape index (κ1) is 12.5. The topological polar surface area (TPSA) is 64.1 Å². The molecule has 19 heavy (non-hydrogen) atoms. The second-order valence-corrected chi connectivity index (χ2v) is 6.10. The minimum atomic E-state index is -0.132. The first-order valence-electron chi connectivity index (χ1n) is 6.78. The number of ether oxygens (including phenoxy) is 1. The number of carbonyl (C=O) groups excluding carboxylic acids is 1. The molecule has 2 aliphatic rings. The van der Waals surface area contributed by atoms with E-state index in [1.54, 1.807) is 12.3 Å². The molecule has 1 saturated carbocycles. The summed E-state index contributed by atoms with van der Waals surface area (Å²) in [6.45, 7) is 5.44. The number of hydrogen-bond acceptors (Lipinski definition) is 4. The van der Waals surface area contributed by atoms with Gasteiger partial charge in [-0.05, 0) is 18.9 Å². The number of nitrogens with zero attached hydrogens (tertiary/aromatic N) is 2. The molecule has 5 nitrogen and oxygen atoms in total. The Hall–Kier alpha value is -1.49. The quantitative estimate of drug-likeness (QED) is 0.895. The van der Waals surface area contributed by atoms with Crippen molar-refractivity contribution in [3.05, 3.63) is 23.8 Å². The summed E-state index contributed by atoms with van der Waals surface area (Å²) >= 11 is 0. The summed E-state index contributed by atoms with van der Waals surface area (Å²) in [5, 5.41) is 3.02. The summed E-state index contributed by atoms with van der Waals surface area (Å²) in [6, 6.07) is 1.71. The first-order chi connectivity index (χ1) is 9.06. The zero-order chi connectivity index (χ0) is 13.5. The average Bonchev–Trinajstić information content (AvgIpc) is 3.17. The van der Waals surface area contributed by atoms with Crippen LogP contribution >= 0.6 is 0 Å². The molecule has 5 heteroatoms. The lowest BCUT2D eigenvalue weighted by molar-refractivity contribution is 0.0909. The SMILES string of the molecule is CC1(C)COCC1NC(=O)c1ccnc(C2CC2)n1. The highest BCUT2D eigenvalue weighted by Gasteiger charge is 2.37. The van der Waals surface area contributed by atoms with E-state index in [0.717, 1.165) is 18.7 Å². The van der Waals surface area contributed by atoms with Gasteiger partial charge in [0, 0.05) is 17.5 Å². The van der Waals surface area contributed by atoms with E-state index in [1.807, 2.05) is 0 Å². The van der Waals surface area contributed by atoms with E-state index in [1.165, 1.54) is 0 Å². The first-order valence-corrected chi connectivity index (χ1v) is 6.78. The maximum atomic E-state index is 12.2. The normalized spacial score (nSPS) is 25.3. The predicted molar refractivity (Wildman–Crippen MR) is 69.9 cm³/mol. The van der Waals surface area contributed by atoms with Gasteiger partial charge in [-0.1, -0.05) is 13.8 Å². The summed E-state index contributed by atoms with van der Waals surface area (Å²) in [6.07, 6.45) is 3.94. The van der Waals surface area contributed by atoms with Crippen LogP contribution in [0.4, 0.5) is 0 Å². The van der Waals surface area contributed by atoms with Gasteiger partial charge in [-0.15, -0.1) is 0 Å². The van der Waals surface area contributed by atoms with Crippen LogP contribution in [0, 0.1) is 5.41 Å². The Morgan fingerprint density at radius 3 is 2.89 bits per heavy atom. The molecule has 1 aromatic rings. The molecule has 102 valence electrons. The van der Waals surface area contributed by atoms with Gasteiger partial charge < -0.3 is 10.1 Å². The van der Waals surface area contributed by atoms with Gasteiger partial charge >= 0.3 is 0 Å². The lowest BCUT2D eigenvalue weighted by Crippen LogP contribution is -2.44. The number of rotatable bonds is 3. The molecule has 1 unspecified atom stereocenters. The van der Waals surface area contributed by atoms with Gasteiger partial charge in [-0.25, -0.2) is 9.97 Å². The Morgan fingerprint density at radius 2 is 2.26 bits per heavy atom. The highest BCUT2D eigenvalue weighted by atomic mass is 16.5. The molecule has 1 aliphatic heterocycles. The maximum absolute atomic E-state index is 12.2. The fraction of sp³-hybridized carbons (Fsp3) is 0.643. The summed E-state index contributed by atoms with van der Waals surface area (Å²) in [5.74, 6) is 1.13. The number of amides is 1. The highest BCUT2D eigenvalue weighted by Crippen LogP contribution is 2.37. The molecule has 2 heterocycles. The number of carbonyl (C=O) groups is 1. The van der Waals surface area contributed by atoms with Crippen LogP contribution in [0.2, 0.25) is 0 Å². The fourth-order valence-electron chi connectivity index (χ4n) is 2.27. The average molecular weight is 261 g/mol. The monoisotopic (exact) mass is 261 g/mol. The minimum absolute atomic E-state index is 0.0258. The number of aromatic nitrogens is 2. The molecule has 1 aromatic heterocycles. The summed E-state index contributed by atoms with van der Waals surface area (Å²) in [7, 11) is 0. The number of hydrogen-bond donors (Lipinski definition) is 1. The lowest BCUT2D eigenvalue weighted by atomic mass is 9.88. The van der Waals surface area contributed by atoms with E-state index in [9.17, 15) is 4.79 Å². The predicted octanol–water partition coefficient (Wildman–Crippen LogP) is 1.51. The van der Waals surface area contributed by atoms with Gasteiger partial charge in [0.1, 0.15) is 11.5 Å². The lowest BCUT2D eigenvalue weighted by Gasteiger charge is -2.25. The standard InChI is InChI=1S/C14H19N3O2/c1-14(2)8-19-7-11(14)17-13(18)10-5-6-15-12(16-10)9-3-4-9/h5-6,9,11H,3-4,7-8H2,1-2H3,(H,17,18). The van der Waals surface area contributed by atoms with E-state index in [4.69, 9.17) is 4.74 Å². The molecule has 1 aliphatic carbocycles. The van der Waals surface area contributed by atoms with Crippen molar-refractivity contribution in [2.75, 3.05) is 13.2 Å². The second-order valence-electron chi connectivity index (χ2n) is 6.10. The molecule has 0 aromatic carbocycles. The van der Waals surface area contributed by atoms with Gasteiger partial charge in [0.15, 0.2) is 0 Å². The van der Waals surface area contributed by atoms with E-state index < -0.39 is 0 Å². The van der Waals surface area contributed by atoms with Crippen LogP contribution < -0.4 is 5.32 Å². The summed E-state index contributed by atoms with van der Waals surface area (Å²) in [4.78, 5) is 20.8. The Kier molecular flexibility index (Phi) is 3.01. The molecule has 0 spiro atoms. The minimum Gasteiger partial charge on any atom is -0.379 e. The van der Waals surface area contributed by atoms with E-state index in [2.05, 4.69) is 29.1 Å². The fourth-order valence-corrected chi connectivity index (χ4v) is 2.27. The molecule has 0 radical (unpaired) electrons. The summed E-state index contributed by atoms with van der Waals surface area (Å²) in [5.41, 5.74) is 0.432. The molecule has 0 bridgehead atoms. The smallest absolute Gasteiger partial charge is 0.270 e.